The Labute approximate surface area is 159 Å². The summed E-state index contributed by atoms with van der Waals surface area (Å²) in [6, 6.07) is 10.1. The Morgan fingerprint density at radius 2 is 1.79 bits per heavy atom. The summed E-state index contributed by atoms with van der Waals surface area (Å²) in [5.41, 5.74) is 0.397. The maximum Gasteiger partial charge on any atom is 0.256 e. The lowest BCUT2D eigenvalue weighted by atomic mass is 9.95. The minimum atomic E-state index is -1.68. The van der Waals surface area contributed by atoms with Gasteiger partial charge >= 0.3 is 0 Å². The normalized spacial score (nSPS) is 14.4. The lowest BCUT2D eigenvalue weighted by molar-refractivity contribution is -0.121. The molecule has 144 valence electrons. The van der Waals surface area contributed by atoms with Crippen LogP contribution in [0.3, 0.4) is 0 Å². The highest BCUT2D eigenvalue weighted by Crippen LogP contribution is 2.23. The number of likely N-dealkylation sites (tertiary alicyclic amines) is 1. The van der Waals surface area contributed by atoms with Crippen molar-refractivity contribution in [1.82, 2.24) is 4.90 Å². The van der Waals surface area contributed by atoms with Gasteiger partial charge < -0.3 is 10.2 Å². The molecule has 0 bridgehead atoms. The Kier molecular flexibility index (Phi) is 5.64. The van der Waals surface area contributed by atoms with E-state index in [0.29, 0.717) is 30.2 Å². The van der Waals surface area contributed by atoms with E-state index in [-0.39, 0.29) is 24.9 Å². The van der Waals surface area contributed by atoms with E-state index in [0.717, 1.165) is 6.07 Å². The number of benzene rings is 2. The van der Waals surface area contributed by atoms with E-state index in [9.17, 15) is 22.8 Å². The zero-order valence-corrected chi connectivity index (χ0v) is 14.7. The van der Waals surface area contributed by atoms with Gasteiger partial charge in [0, 0.05) is 24.7 Å². The van der Waals surface area contributed by atoms with Crippen molar-refractivity contribution in [3.8, 4) is 6.07 Å². The summed E-state index contributed by atoms with van der Waals surface area (Å²) in [4.78, 5) is 26.1. The van der Waals surface area contributed by atoms with Gasteiger partial charge in [0.1, 0.15) is 0 Å². The number of carbonyl (C=O) groups is 2. The van der Waals surface area contributed by atoms with Crippen LogP contribution >= 0.6 is 0 Å². The van der Waals surface area contributed by atoms with E-state index < -0.39 is 28.9 Å². The average molecular weight is 387 g/mol. The van der Waals surface area contributed by atoms with Crippen LogP contribution in [-0.2, 0) is 4.79 Å². The fourth-order valence-electron chi connectivity index (χ4n) is 3.12. The lowest BCUT2D eigenvalue weighted by Crippen LogP contribution is -2.41. The molecule has 1 N–H and O–H groups in total. The van der Waals surface area contributed by atoms with E-state index >= 15 is 0 Å². The average Bonchev–Trinajstić information content (AvgIpc) is 2.72. The highest BCUT2D eigenvalue weighted by Gasteiger charge is 2.30. The number of hydrogen-bond donors (Lipinski definition) is 1. The van der Waals surface area contributed by atoms with E-state index in [1.54, 1.807) is 24.3 Å². The second kappa shape index (κ2) is 8.13. The van der Waals surface area contributed by atoms with Crippen LogP contribution in [0.15, 0.2) is 36.4 Å². The first-order chi connectivity index (χ1) is 13.4. The second-order valence-electron chi connectivity index (χ2n) is 6.47. The molecule has 0 aliphatic carbocycles. The van der Waals surface area contributed by atoms with Crippen LogP contribution in [0.1, 0.15) is 28.8 Å². The number of anilines is 1. The summed E-state index contributed by atoms with van der Waals surface area (Å²) in [5, 5.41) is 11.6. The summed E-state index contributed by atoms with van der Waals surface area (Å²) in [5.74, 6) is -5.88. The Morgan fingerprint density at radius 1 is 1.07 bits per heavy atom. The monoisotopic (exact) mass is 387 g/mol. The molecule has 2 aromatic carbocycles. The minimum Gasteiger partial charge on any atom is -0.339 e. The van der Waals surface area contributed by atoms with Crippen LogP contribution in [0.2, 0.25) is 0 Å². The van der Waals surface area contributed by atoms with Crippen LogP contribution in [0.25, 0.3) is 0 Å². The Morgan fingerprint density at radius 3 is 2.46 bits per heavy atom. The number of nitrogens with zero attached hydrogens (tertiary/aromatic N) is 2. The third-order valence-corrected chi connectivity index (χ3v) is 4.68. The van der Waals surface area contributed by atoms with Crippen molar-refractivity contribution in [2.45, 2.75) is 12.8 Å². The number of amides is 2. The summed E-state index contributed by atoms with van der Waals surface area (Å²) in [6.07, 6.45) is 0.696. The van der Waals surface area contributed by atoms with Gasteiger partial charge in [0.15, 0.2) is 17.5 Å². The van der Waals surface area contributed by atoms with Crippen molar-refractivity contribution in [3.63, 3.8) is 0 Å². The van der Waals surface area contributed by atoms with Crippen molar-refractivity contribution >= 4 is 17.5 Å². The molecule has 0 radical (unpaired) electrons. The van der Waals surface area contributed by atoms with Gasteiger partial charge in [0.05, 0.1) is 17.2 Å². The van der Waals surface area contributed by atoms with Gasteiger partial charge in [0.2, 0.25) is 5.91 Å². The van der Waals surface area contributed by atoms with E-state index in [4.69, 9.17) is 5.26 Å². The third-order valence-electron chi connectivity index (χ3n) is 4.68. The number of halogens is 3. The van der Waals surface area contributed by atoms with Gasteiger partial charge in [0.25, 0.3) is 5.91 Å². The Bertz CT molecular complexity index is 964. The molecule has 28 heavy (non-hydrogen) atoms. The van der Waals surface area contributed by atoms with Gasteiger partial charge in [-0.25, -0.2) is 13.2 Å². The molecule has 0 spiro atoms. The second-order valence-corrected chi connectivity index (χ2v) is 6.47. The van der Waals surface area contributed by atoms with Crippen LogP contribution < -0.4 is 5.32 Å². The zero-order chi connectivity index (χ0) is 20.3. The standard InChI is InChI=1S/C20H16F3N3O2/c21-16-5-4-15(17(22)18(16)23)20(28)26-8-6-13(7-9-26)19(27)25-14-3-1-2-12(10-14)11-24/h1-5,10,13H,6-9H2,(H,25,27). The first-order valence-electron chi connectivity index (χ1n) is 8.64. The number of hydrogen-bond acceptors (Lipinski definition) is 3. The minimum absolute atomic E-state index is 0.188. The molecular formula is C20H16F3N3O2. The molecule has 0 atom stereocenters. The Hall–Kier alpha value is -3.34. The molecule has 1 fully saturated rings. The van der Waals surface area contributed by atoms with Gasteiger partial charge in [-0.2, -0.15) is 5.26 Å². The zero-order valence-electron chi connectivity index (χ0n) is 14.7. The fraction of sp³-hybridized carbons (Fsp3) is 0.250. The molecule has 5 nitrogen and oxygen atoms in total. The summed E-state index contributed by atoms with van der Waals surface area (Å²) >= 11 is 0. The number of nitriles is 1. The fourth-order valence-corrected chi connectivity index (χ4v) is 3.12. The van der Waals surface area contributed by atoms with E-state index in [1.807, 2.05) is 6.07 Å². The molecule has 0 unspecified atom stereocenters. The molecule has 0 aromatic heterocycles. The summed E-state index contributed by atoms with van der Waals surface area (Å²) in [6.45, 7) is 0.376. The summed E-state index contributed by atoms with van der Waals surface area (Å²) < 4.78 is 40.2. The molecule has 2 amide bonds. The topological polar surface area (TPSA) is 73.2 Å². The third kappa shape index (κ3) is 3.98. The van der Waals surface area contributed by atoms with Crippen molar-refractivity contribution in [2.24, 2.45) is 5.92 Å². The van der Waals surface area contributed by atoms with E-state index in [2.05, 4.69) is 5.32 Å². The van der Waals surface area contributed by atoms with Crippen LogP contribution in [0.4, 0.5) is 18.9 Å². The molecule has 1 heterocycles. The maximum absolute atomic E-state index is 13.8. The first-order valence-corrected chi connectivity index (χ1v) is 8.64. The molecule has 1 aliphatic heterocycles. The molecular weight excluding hydrogens is 371 g/mol. The molecule has 1 aliphatic rings. The largest absolute Gasteiger partial charge is 0.339 e. The van der Waals surface area contributed by atoms with E-state index in [1.165, 1.54) is 4.90 Å². The van der Waals surface area contributed by atoms with Crippen LogP contribution in [0.5, 0.6) is 0 Å². The van der Waals surface area contributed by atoms with Crippen molar-refractivity contribution in [2.75, 3.05) is 18.4 Å². The van der Waals surface area contributed by atoms with Gasteiger partial charge in [-0.15, -0.1) is 0 Å². The van der Waals surface area contributed by atoms with Crippen molar-refractivity contribution in [3.05, 3.63) is 65.0 Å². The molecule has 3 rings (SSSR count). The predicted molar refractivity (Wildman–Crippen MR) is 94.7 cm³/mol. The quantitative estimate of drug-likeness (QED) is 0.820. The summed E-state index contributed by atoms with van der Waals surface area (Å²) in [7, 11) is 0. The molecule has 0 saturated carbocycles. The smallest absolute Gasteiger partial charge is 0.256 e. The number of carbonyl (C=O) groups excluding carboxylic acids is 2. The van der Waals surface area contributed by atoms with Gasteiger partial charge in [-0.3, -0.25) is 9.59 Å². The highest BCUT2D eigenvalue weighted by molar-refractivity contribution is 5.95. The Balaban J connectivity index is 1.61. The number of rotatable bonds is 3. The predicted octanol–water partition coefficient (Wildman–Crippen LogP) is 3.47. The lowest BCUT2D eigenvalue weighted by Gasteiger charge is -2.31. The van der Waals surface area contributed by atoms with Crippen molar-refractivity contribution < 1.29 is 22.8 Å². The first kappa shape index (κ1) is 19.4. The molecule has 8 heteroatoms. The number of piperidine rings is 1. The van der Waals surface area contributed by atoms with Gasteiger partial charge in [-0.05, 0) is 43.2 Å². The highest BCUT2D eigenvalue weighted by atomic mass is 19.2. The SMILES string of the molecule is N#Cc1cccc(NC(=O)C2CCN(C(=O)c3ccc(F)c(F)c3F)CC2)c1. The van der Waals surface area contributed by atoms with Crippen molar-refractivity contribution in [1.29, 1.82) is 5.26 Å². The van der Waals surface area contributed by atoms with Crippen LogP contribution in [0, 0.1) is 34.7 Å². The molecule has 2 aromatic rings. The maximum atomic E-state index is 13.8. The van der Waals surface area contributed by atoms with Gasteiger partial charge in [-0.1, -0.05) is 6.07 Å². The van der Waals surface area contributed by atoms with Crippen LogP contribution in [-0.4, -0.2) is 29.8 Å². The number of nitrogens with one attached hydrogen (secondary N) is 1. The molecule has 1 saturated heterocycles.